The summed E-state index contributed by atoms with van der Waals surface area (Å²) in [7, 11) is 0. The van der Waals surface area contributed by atoms with Crippen molar-refractivity contribution in [1.29, 1.82) is 0 Å². The van der Waals surface area contributed by atoms with E-state index in [4.69, 9.17) is 24.9 Å². The zero-order chi connectivity index (χ0) is 48.2. The van der Waals surface area contributed by atoms with Gasteiger partial charge in [0.25, 0.3) is 0 Å². The molecular formula is C67H42N6. The molecule has 0 aliphatic rings. The van der Waals surface area contributed by atoms with Gasteiger partial charge < -0.3 is 0 Å². The Morgan fingerprint density at radius 2 is 0.616 bits per heavy atom. The number of nitrogens with zero attached hydrogens (tertiary/aromatic N) is 6. The Labute approximate surface area is 421 Å². The fourth-order valence-corrected chi connectivity index (χ4v) is 10.4. The Kier molecular flexibility index (Phi) is 10.1. The van der Waals surface area contributed by atoms with E-state index in [0.717, 1.165) is 138 Å². The van der Waals surface area contributed by atoms with Crippen molar-refractivity contribution in [3.8, 4) is 83.8 Å². The van der Waals surface area contributed by atoms with Crippen LogP contribution >= 0.6 is 0 Å². The number of imidazole rings is 1. The average Bonchev–Trinajstić information content (AvgIpc) is 3.86. The second kappa shape index (κ2) is 17.5. The molecule has 9 aromatic carbocycles. The Bertz CT molecular complexity index is 4270. The Balaban J connectivity index is 1.03. The van der Waals surface area contributed by atoms with Crippen LogP contribution in [0.2, 0.25) is 0 Å². The predicted molar refractivity (Wildman–Crippen MR) is 300 cm³/mol. The lowest BCUT2D eigenvalue weighted by Gasteiger charge is -2.18. The van der Waals surface area contributed by atoms with E-state index in [1.165, 1.54) is 0 Å². The SMILES string of the molecule is c1ccc(-n2c(-c3cc(-c4cc(-c5cnc6ccccc6c5)cc(-c5cnc6ccccc6c5)c4)ccc3-c3cc(-c4cnc5ccccc5c4)cc(-c4cnc5ccccc5c4)c3)nc3ccccc32)cc1. The maximum absolute atomic E-state index is 5.52. The molecule has 0 radical (unpaired) electrons. The molecule has 0 amide bonds. The lowest BCUT2D eigenvalue weighted by atomic mass is 9.88. The van der Waals surface area contributed by atoms with Crippen LogP contribution in [0.15, 0.2) is 255 Å². The van der Waals surface area contributed by atoms with Gasteiger partial charge >= 0.3 is 0 Å². The molecule has 0 fully saturated rings. The molecule has 5 heterocycles. The first-order valence-electron chi connectivity index (χ1n) is 24.5. The molecule has 0 saturated carbocycles. The first-order chi connectivity index (χ1) is 36.1. The molecule has 0 bridgehead atoms. The number of hydrogen-bond acceptors (Lipinski definition) is 5. The van der Waals surface area contributed by atoms with E-state index in [9.17, 15) is 0 Å². The van der Waals surface area contributed by atoms with Crippen molar-refractivity contribution in [2.24, 2.45) is 0 Å². The molecule has 0 unspecified atom stereocenters. The highest BCUT2D eigenvalue weighted by Gasteiger charge is 2.21. The number of hydrogen-bond donors (Lipinski definition) is 0. The van der Waals surface area contributed by atoms with Crippen LogP contribution in [0.1, 0.15) is 0 Å². The summed E-state index contributed by atoms with van der Waals surface area (Å²) in [6.45, 7) is 0. The molecule has 14 aromatic rings. The summed E-state index contributed by atoms with van der Waals surface area (Å²) in [6, 6.07) is 81.7. The van der Waals surface area contributed by atoms with Gasteiger partial charge in [0.2, 0.25) is 0 Å². The first kappa shape index (κ1) is 42.0. The van der Waals surface area contributed by atoms with Gasteiger partial charge in [0.1, 0.15) is 5.82 Å². The van der Waals surface area contributed by atoms with Gasteiger partial charge in [-0.2, -0.15) is 0 Å². The molecule has 6 heteroatoms. The lowest BCUT2D eigenvalue weighted by Crippen LogP contribution is -1.99. The quantitative estimate of drug-likeness (QED) is 0.152. The van der Waals surface area contributed by atoms with Gasteiger partial charge in [0, 0.05) is 79.8 Å². The standard InChI is InChI=1S/C67H42N6/c1-2-18-58(19-3-1)73-66-25-13-12-24-65(66)72-67(73)60-38-43(48-32-49(54-28-44-14-4-8-20-61(44)68-39-54)34-50(33-48)55-29-45-15-5-9-21-62(45)69-40-55)26-27-59(60)53-36-51(56-30-46-16-6-10-22-63(46)70-41-56)35-52(37-53)57-31-47-17-7-11-23-64(47)71-42-57/h1-42H. The fraction of sp³-hybridized carbons (Fsp3) is 0. The van der Waals surface area contributed by atoms with E-state index in [0.29, 0.717) is 0 Å². The van der Waals surface area contributed by atoms with Crippen LogP contribution in [0.5, 0.6) is 0 Å². The van der Waals surface area contributed by atoms with Crippen LogP contribution in [-0.2, 0) is 0 Å². The number of aromatic nitrogens is 6. The number of fused-ring (bicyclic) bond motifs is 5. The molecule has 0 spiro atoms. The van der Waals surface area contributed by atoms with Crippen molar-refractivity contribution < 1.29 is 0 Å². The molecule has 0 atom stereocenters. The summed E-state index contributed by atoms with van der Waals surface area (Å²) in [5, 5.41) is 4.35. The zero-order valence-corrected chi connectivity index (χ0v) is 39.4. The fourth-order valence-electron chi connectivity index (χ4n) is 10.4. The third-order valence-corrected chi connectivity index (χ3v) is 14.0. The van der Waals surface area contributed by atoms with Crippen LogP contribution in [0.4, 0.5) is 0 Å². The zero-order valence-electron chi connectivity index (χ0n) is 39.4. The molecule has 73 heavy (non-hydrogen) atoms. The molecular weight excluding hydrogens is 889 g/mol. The van der Waals surface area contributed by atoms with Crippen LogP contribution < -0.4 is 0 Å². The molecule has 14 rings (SSSR count). The highest BCUT2D eigenvalue weighted by molar-refractivity contribution is 5.96. The number of pyridine rings is 4. The molecule has 0 aliphatic carbocycles. The summed E-state index contributed by atoms with van der Waals surface area (Å²) in [6.07, 6.45) is 7.95. The van der Waals surface area contributed by atoms with Crippen molar-refractivity contribution in [3.05, 3.63) is 255 Å². The van der Waals surface area contributed by atoms with Crippen molar-refractivity contribution in [2.75, 3.05) is 0 Å². The minimum Gasteiger partial charge on any atom is -0.292 e. The second-order valence-corrected chi connectivity index (χ2v) is 18.6. The number of benzene rings is 9. The Morgan fingerprint density at radius 3 is 1.07 bits per heavy atom. The maximum Gasteiger partial charge on any atom is 0.146 e. The smallest absolute Gasteiger partial charge is 0.146 e. The molecule has 0 saturated heterocycles. The third-order valence-electron chi connectivity index (χ3n) is 14.0. The normalized spacial score (nSPS) is 11.6. The third kappa shape index (κ3) is 7.75. The highest BCUT2D eigenvalue weighted by atomic mass is 15.1. The average molecular weight is 931 g/mol. The minimum atomic E-state index is 0.838. The van der Waals surface area contributed by atoms with Crippen LogP contribution in [-0.4, -0.2) is 29.5 Å². The topological polar surface area (TPSA) is 69.4 Å². The van der Waals surface area contributed by atoms with Crippen molar-refractivity contribution >= 4 is 54.6 Å². The summed E-state index contributed by atoms with van der Waals surface area (Å²) >= 11 is 0. The van der Waals surface area contributed by atoms with Gasteiger partial charge in [-0.1, -0.05) is 115 Å². The summed E-state index contributed by atoms with van der Waals surface area (Å²) < 4.78 is 2.30. The minimum absolute atomic E-state index is 0.838. The number of para-hydroxylation sites is 7. The largest absolute Gasteiger partial charge is 0.292 e. The van der Waals surface area contributed by atoms with Crippen LogP contribution in [0.25, 0.3) is 138 Å². The molecule has 5 aromatic heterocycles. The van der Waals surface area contributed by atoms with E-state index < -0.39 is 0 Å². The maximum atomic E-state index is 5.52. The number of rotatable bonds is 8. The summed E-state index contributed by atoms with van der Waals surface area (Å²) in [5.41, 5.74) is 20.3. The monoisotopic (exact) mass is 930 g/mol. The van der Waals surface area contributed by atoms with E-state index in [-0.39, 0.29) is 0 Å². The van der Waals surface area contributed by atoms with Gasteiger partial charge in [0.05, 0.1) is 33.1 Å². The van der Waals surface area contributed by atoms with E-state index in [2.05, 4.69) is 211 Å². The van der Waals surface area contributed by atoms with E-state index in [1.807, 2.05) is 49.1 Å². The second-order valence-electron chi connectivity index (χ2n) is 18.6. The van der Waals surface area contributed by atoms with Gasteiger partial charge in [0.15, 0.2) is 0 Å². The molecule has 0 aliphatic heterocycles. The van der Waals surface area contributed by atoms with E-state index in [1.54, 1.807) is 0 Å². The van der Waals surface area contributed by atoms with Gasteiger partial charge in [-0.3, -0.25) is 24.5 Å². The predicted octanol–water partition coefficient (Wildman–Crippen LogP) is 16.9. The van der Waals surface area contributed by atoms with E-state index >= 15 is 0 Å². The Morgan fingerprint density at radius 1 is 0.247 bits per heavy atom. The van der Waals surface area contributed by atoms with Gasteiger partial charge in [-0.05, 0) is 160 Å². The van der Waals surface area contributed by atoms with Crippen molar-refractivity contribution in [2.45, 2.75) is 0 Å². The van der Waals surface area contributed by atoms with Crippen molar-refractivity contribution in [1.82, 2.24) is 29.5 Å². The Hall–Kier alpha value is -9.91. The summed E-state index contributed by atoms with van der Waals surface area (Å²) in [4.78, 5) is 25.2. The highest BCUT2D eigenvalue weighted by Crippen LogP contribution is 2.43. The molecule has 0 N–H and O–H groups in total. The van der Waals surface area contributed by atoms with Gasteiger partial charge in [-0.15, -0.1) is 0 Å². The summed E-state index contributed by atoms with van der Waals surface area (Å²) in [5.74, 6) is 0.838. The lowest BCUT2D eigenvalue weighted by molar-refractivity contribution is 1.10. The molecule has 6 nitrogen and oxygen atoms in total. The van der Waals surface area contributed by atoms with Crippen LogP contribution in [0, 0.1) is 0 Å². The van der Waals surface area contributed by atoms with Crippen molar-refractivity contribution in [3.63, 3.8) is 0 Å². The molecule has 340 valence electrons. The van der Waals surface area contributed by atoms with Gasteiger partial charge in [-0.25, -0.2) is 4.98 Å². The first-order valence-corrected chi connectivity index (χ1v) is 24.5. The van der Waals surface area contributed by atoms with Crippen LogP contribution in [0.3, 0.4) is 0 Å².